The maximum atomic E-state index is 14.2. The second-order valence-corrected chi connectivity index (χ2v) is 12.7. The fourth-order valence-corrected chi connectivity index (χ4v) is 4.62. The molecule has 9 nitrogen and oxygen atoms in total. The first-order valence-electron chi connectivity index (χ1n) is 14.6. The molecule has 0 saturated heterocycles. The Kier molecular flexibility index (Phi) is 13.1. The molecule has 0 fully saturated rings. The number of alkyl carbamates (subject to hydrolysis) is 1. The molecule has 0 aromatic heterocycles. The lowest BCUT2D eigenvalue weighted by atomic mass is 9.99. The van der Waals surface area contributed by atoms with Crippen molar-refractivity contribution in [3.8, 4) is 0 Å². The third kappa shape index (κ3) is 11.6. The summed E-state index contributed by atoms with van der Waals surface area (Å²) in [6, 6.07) is 13.5. The molecule has 0 aliphatic carbocycles. The van der Waals surface area contributed by atoms with E-state index in [1.54, 1.807) is 60.6 Å². The van der Waals surface area contributed by atoms with Crippen LogP contribution in [0, 0.1) is 0 Å². The number of thiol groups is 1. The van der Waals surface area contributed by atoms with Gasteiger partial charge in [0.05, 0.1) is 0 Å². The summed E-state index contributed by atoms with van der Waals surface area (Å²) in [7, 11) is 0. The maximum Gasteiger partial charge on any atom is 0.408 e. The molecule has 2 N–H and O–H groups in total. The molecule has 2 aromatic carbocycles. The van der Waals surface area contributed by atoms with Gasteiger partial charge in [-0.25, -0.2) is 9.59 Å². The average molecular weight is 614 g/mol. The molecular weight excluding hydrogens is 566 g/mol. The molecule has 3 unspecified atom stereocenters. The van der Waals surface area contributed by atoms with Crippen LogP contribution in [0.4, 0.5) is 4.79 Å². The molecule has 0 aliphatic heterocycles. The minimum absolute atomic E-state index is 0.0216. The van der Waals surface area contributed by atoms with Crippen LogP contribution in [0.2, 0.25) is 0 Å². The number of rotatable bonds is 12. The minimum atomic E-state index is -1.10. The van der Waals surface area contributed by atoms with E-state index in [1.165, 1.54) is 4.90 Å². The third-order valence-electron chi connectivity index (χ3n) is 6.35. The molecule has 3 amide bonds. The number of aryl methyl sites for hydroxylation is 1. The number of hydrogen-bond donors (Lipinski definition) is 3. The summed E-state index contributed by atoms with van der Waals surface area (Å²) in [6.07, 6.45) is 0.229. The van der Waals surface area contributed by atoms with Crippen molar-refractivity contribution in [2.45, 2.75) is 97.6 Å². The summed E-state index contributed by atoms with van der Waals surface area (Å²) in [5, 5.41) is 5.46. The lowest BCUT2D eigenvalue weighted by Gasteiger charge is -2.34. The van der Waals surface area contributed by atoms with Gasteiger partial charge in [-0.15, -0.1) is 0 Å². The van der Waals surface area contributed by atoms with Gasteiger partial charge in [0.15, 0.2) is 0 Å². The van der Waals surface area contributed by atoms with E-state index in [1.807, 2.05) is 49.4 Å². The van der Waals surface area contributed by atoms with E-state index in [0.717, 1.165) is 17.5 Å². The van der Waals surface area contributed by atoms with E-state index in [4.69, 9.17) is 9.47 Å². The molecule has 10 heteroatoms. The number of hydrogen-bond acceptors (Lipinski definition) is 7. The molecule has 0 aliphatic rings. The monoisotopic (exact) mass is 613 g/mol. The zero-order valence-electron chi connectivity index (χ0n) is 26.6. The van der Waals surface area contributed by atoms with Crippen LogP contribution in [-0.4, -0.2) is 64.4 Å². The first-order valence-corrected chi connectivity index (χ1v) is 15.3. The van der Waals surface area contributed by atoms with Gasteiger partial charge in [-0.2, -0.15) is 12.6 Å². The normalized spacial score (nSPS) is 13.7. The number of amides is 3. The molecule has 0 spiro atoms. The Labute approximate surface area is 261 Å². The zero-order chi connectivity index (χ0) is 32.4. The third-order valence-corrected chi connectivity index (χ3v) is 6.71. The van der Waals surface area contributed by atoms with Gasteiger partial charge < -0.3 is 25.0 Å². The maximum absolute atomic E-state index is 14.2. The number of likely N-dealkylation sites (N-methyl/N-ethyl adjacent to an activating group) is 1. The molecule has 2 rings (SSSR count). The number of nitrogens with one attached hydrogen (secondary N) is 2. The van der Waals surface area contributed by atoms with Gasteiger partial charge in [0, 0.05) is 18.7 Å². The topological polar surface area (TPSA) is 114 Å². The molecule has 3 atom stereocenters. The van der Waals surface area contributed by atoms with Crippen LogP contribution < -0.4 is 10.6 Å². The summed E-state index contributed by atoms with van der Waals surface area (Å²) in [5.74, 6) is -1.67. The summed E-state index contributed by atoms with van der Waals surface area (Å²) in [5.41, 5.74) is 0.917. The summed E-state index contributed by atoms with van der Waals surface area (Å²) >= 11 is 4.31. The molecule has 0 radical (unpaired) electrons. The standard InChI is InChI=1S/C33H47N3O6S/c1-9-22-16-18-24(19-17-22)27(36(10-2)29(38)26(21-43)35-31(40)42-33(6,7)8)28(37)34-25(30(39)41-32(3,4)5)20-23-14-12-11-13-15-23/h11-19,25-27,43H,9-10,20-21H2,1-8H3,(H,34,37)(H,35,40). The van der Waals surface area contributed by atoms with Gasteiger partial charge >= 0.3 is 12.1 Å². The van der Waals surface area contributed by atoms with Crippen molar-refractivity contribution in [2.24, 2.45) is 0 Å². The summed E-state index contributed by atoms with van der Waals surface area (Å²) in [4.78, 5) is 55.3. The van der Waals surface area contributed by atoms with Gasteiger partial charge in [-0.1, -0.05) is 61.5 Å². The van der Waals surface area contributed by atoms with Crippen molar-refractivity contribution >= 4 is 36.5 Å². The highest BCUT2D eigenvalue weighted by Crippen LogP contribution is 2.24. The number of carbonyl (C=O) groups excluding carboxylic acids is 4. The van der Waals surface area contributed by atoms with E-state index < -0.39 is 53.2 Å². The van der Waals surface area contributed by atoms with Crippen molar-refractivity contribution in [1.82, 2.24) is 15.5 Å². The highest BCUT2D eigenvalue weighted by Gasteiger charge is 2.37. The van der Waals surface area contributed by atoms with Crippen molar-refractivity contribution in [2.75, 3.05) is 12.3 Å². The Morgan fingerprint density at radius 2 is 1.37 bits per heavy atom. The van der Waals surface area contributed by atoms with Crippen LogP contribution in [0.1, 0.15) is 78.1 Å². The van der Waals surface area contributed by atoms with Gasteiger partial charge in [0.2, 0.25) is 11.8 Å². The van der Waals surface area contributed by atoms with Crippen LogP contribution in [0.3, 0.4) is 0 Å². The lowest BCUT2D eigenvalue weighted by Crippen LogP contribution is -2.55. The quantitative estimate of drug-likeness (QED) is 0.229. The van der Waals surface area contributed by atoms with Crippen molar-refractivity contribution in [3.05, 3.63) is 71.3 Å². The lowest BCUT2D eigenvalue weighted by molar-refractivity contribution is -0.159. The van der Waals surface area contributed by atoms with Crippen LogP contribution in [-0.2, 0) is 36.7 Å². The van der Waals surface area contributed by atoms with Crippen molar-refractivity contribution in [1.29, 1.82) is 0 Å². The summed E-state index contributed by atoms with van der Waals surface area (Å²) < 4.78 is 11.0. The predicted octanol–water partition coefficient (Wildman–Crippen LogP) is 5.03. The Bertz CT molecular complexity index is 1220. The number of ether oxygens (including phenoxy) is 2. The van der Waals surface area contributed by atoms with E-state index in [0.29, 0.717) is 5.56 Å². The van der Waals surface area contributed by atoms with E-state index >= 15 is 0 Å². The fourth-order valence-electron chi connectivity index (χ4n) is 4.38. The largest absolute Gasteiger partial charge is 0.458 e. The smallest absolute Gasteiger partial charge is 0.408 e. The van der Waals surface area contributed by atoms with E-state index in [-0.39, 0.29) is 18.7 Å². The highest BCUT2D eigenvalue weighted by atomic mass is 32.1. The van der Waals surface area contributed by atoms with Gasteiger partial charge in [-0.05, 0) is 71.6 Å². The summed E-state index contributed by atoms with van der Waals surface area (Å²) in [6.45, 7) is 14.4. The molecule has 0 heterocycles. The number of carbonyl (C=O) groups is 4. The first-order chi connectivity index (χ1) is 20.1. The molecule has 43 heavy (non-hydrogen) atoms. The Hall–Kier alpha value is -3.53. The Balaban J connectivity index is 2.49. The first kappa shape index (κ1) is 35.7. The number of esters is 1. The van der Waals surface area contributed by atoms with Gasteiger partial charge in [0.1, 0.15) is 29.3 Å². The SMILES string of the molecule is CCc1ccc(C(C(=O)NC(Cc2ccccc2)C(=O)OC(C)(C)C)N(CC)C(=O)C(CS)NC(=O)OC(C)(C)C)cc1. The van der Waals surface area contributed by atoms with Crippen molar-refractivity contribution < 1.29 is 28.7 Å². The molecular formula is C33H47N3O6S. The van der Waals surface area contributed by atoms with Crippen LogP contribution >= 0.6 is 12.6 Å². The van der Waals surface area contributed by atoms with E-state index in [2.05, 4.69) is 23.3 Å². The average Bonchev–Trinajstić information content (AvgIpc) is 2.92. The highest BCUT2D eigenvalue weighted by molar-refractivity contribution is 7.80. The second-order valence-electron chi connectivity index (χ2n) is 12.3. The molecule has 0 bridgehead atoms. The number of nitrogens with zero attached hydrogens (tertiary/aromatic N) is 1. The van der Waals surface area contributed by atoms with Crippen LogP contribution in [0.15, 0.2) is 54.6 Å². The van der Waals surface area contributed by atoms with E-state index in [9.17, 15) is 19.2 Å². The molecule has 0 saturated carbocycles. The molecule has 2 aromatic rings. The fraction of sp³-hybridized carbons (Fsp3) is 0.515. The molecule has 236 valence electrons. The van der Waals surface area contributed by atoms with Gasteiger partial charge in [-0.3, -0.25) is 9.59 Å². The minimum Gasteiger partial charge on any atom is -0.458 e. The zero-order valence-corrected chi connectivity index (χ0v) is 27.5. The van der Waals surface area contributed by atoms with Crippen LogP contribution in [0.5, 0.6) is 0 Å². The van der Waals surface area contributed by atoms with Gasteiger partial charge in [0.25, 0.3) is 0 Å². The number of benzene rings is 2. The van der Waals surface area contributed by atoms with Crippen molar-refractivity contribution in [3.63, 3.8) is 0 Å². The van der Waals surface area contributed by atoms with Crippen LogP contribution in [0.25, 0.3) is 0 Å². The predicted molar refractivity (Wildman–Crippen MR) is 171 cm³/mol. The Morgan fingerprint density at radius 3 is 1.86 bits per heavy atom. The Morgan fingerprint density at radius 1 is 0.791 bits per heavy atom. The second kappa shape index (κ2) is 15.8.